The third-order valence-electron chi connectivity index (χ3n) is 9.83. The maximum atomic E-state index is 12.9. The molecule has 0 amide bonds. The van der Waals surface area contributed by atoms with Crippen molar-refractivity contribution in [2.75, 3.05) is 26.4 Å². The van der Waals surface area contributed by atoms with Crippen LogP contribution in [0.5, 0.6) is 0 Å². The third kappa shape index (κ3) is 10.4. The number of phosphoric ester groups is 1. The van der Waals surface area contributed by atoms with Gasteiger partial charge in [-0.15, -0.1) is 0 Å². The fourth-order valence-electron chi connectivity index (χ4n) is 6.64. The molecule has 0 aromatic heterocycles. The first-order valence-electron chi connectivity index (χ1n) is 17.1. The second-order valence-electron chi connectivity index (χ2n) is 13.8. The summed E-state index contributed by atoms with van der Waals surface area (Å²) >= 11 is 0. The van der Waals surface area contributed by atoms with Crippen LogP contribution in [0, 0.1) is 0 Å². The van der Waals surface area contributed by atoms with Crippen LogP contribution in [-0.2, 0) is 51.8 Å². The van der Waals surface area contributed by atoms with E-state index in [9.17, 15) is 90.3 Å². The highest BCUT2D eigenvalue weighted by Crippen LogP contribution is 2.43. The Morgan fingerprint density at radius 1 is 0.737 bits per heavy atom. The summed E-state index contributed by atoms with van der Waals surface area (Å²) in [6.07, 6.45) is -34.3. The topological polar surface area (TPSA) is 481 Å². The fourth-order valence-corrected chi connectivity index (χ4v) is 7.22. The van der Waals surface area contributed by atoms with Gasteiger partial charge in [0.1, 0.15) is 73.2 Å². The van der Waals surface area contributed by atoms with Gasteiger partial charge in [-0.05, 0) is 0 Å². The Bertz CT molecular complexity index is 1410. The normalized spacial score (nSPS) is 45.6. The molecule has 29 heteroatoms. The van der Waals surface area contributed by atoms with Crippen molar-refractivity contribution in [2.24, 2.45) is 11.5 Å². The van der Waals surface area contributed by atoms with E-state index in [-0.39, 0.29) is 0 Å². The van der Waals surface area contributed by atoms with E-state index >= 15 is 0 Å². The van der Waals surface area contributed by atoms with Gasteiger partial charge in [0.05, 0.1) is 50.7 Å². The number of aliphatic carboxylic acids is 2. The highest BCUT2D eigenvalue weighted by Gasteiger charge is 2.61. The minimum atomic E-state index is -5.53. The summed E-state index contributed by atoms with van der Waals surface area (Å²) in [6, 6.07) is -3.16. The number of hydrogen-bond donors (Lipinski definition) is 17. The van der Waals surface area contributed by atoms with Crippen LogP contribution in [0.3, 0.4) is 0 Å². The Balaban J connectivity index is 1.65. The Kier molecular flexibility index (Phi) is 15.9. The van der Waals surface area contributed by atoms with Crippen LogP contribution in [0.4, 0.5) is 0 Å². The van der Waals surface area contributed by atoms with Gasteiger partial charge in [-0.25, -0.2) is 14.2 Å². The van der Waals surface area contributed by atoms with E-state index in [0.29, 0.717) is 0 Å². The second-order valence-corrected chi connectivity index (χ2v) is 15.0. The molecular formula is C28H49N2O26P. The number of carbonyl (C=O) groups is 2. The molecule has 4 heterocycles. The molecule has 332 valence electrons. The largest absolute Gasteiger partial charge is 0.477 e. The lowest BCUT2D eigenvalue weighted by Crippen LogP contribution is -2.68. The Labute approximate surface area is 320 Å². The van der Waals surface area contributed by atoms with Crippen molar-refractivity contribution in [3.63, 3.8) is 0 Å². The minimum absolute atomic E-state index is 0.750. The zero-order valence-corrected chi connectivity index (χ0v) is 30.3. The van der Waals surface area contributed by atoms with E-state index in [1.54, 1.807) is 0 Å². The van der Waals surface area contributed by atoms with Crippen molar-refractivity contribution in [3.05, 3.63) is 0 Å². The molecule has 28 nitrogen and oxygen atoms in total. The molecule has 4 saturated heterocycles. The van der Waals surface area contributed by atoms with Crippen molar-refractivity contribution in [3.8, 4) is 0 Å². The van der Waals surface area contributed by atoms with Crippen molar-refractivity contribution >= 4 is 19.8 Å². The number of hydrogen-bond acceptors (Lipinski definition) is 24. The standard InChI is InChI=1S/C28H49N2O26P/c29-13-18(39)16(37)11(51-23(13)41)5-49-24-14(30)19(40)22(56-57(46,47)48)12(52-24)6-50-27(25(42)43)2-10(17(38)21(54-27)9(35)4-32)53-28(26(44)45)1-7(33)15(36)20(55-28)8(34)3-31/h7-24,31-41H,1-6,29-30H2,(H,42,43)(H,44,45)(H2,46,47,48)/t7-,8-,9-,10-,11-,12-,13-,14-,15-,16-,17-,18+,19-,20-,21-,22-,23+,24-,27-,28-/m1/s1. The smallest absolute Gasteiger partial charge is 0.470 e. The molecule has 4 aliphatic heterocycles. The summed E-state index contributed by atoms with van der Waals surface area (Å²) in [5, 5.41) is 134. The number of nitrogens with two attached hydrogens (primary N) is 2. The number of carboxylic acids is 2. The van der Waals surface area contributed by atoms with Crippen molar-refractivity contribution in [2.45, 2.75) is 135 Å². The van der Waals surface area contributed by atoms with Crippen LogP contribution in [0.25, 0.3) is 0 Å². The first-order chi connectivity index (χ1) is 26.4. The Morgan fingerprint density at radius 2 is 1.30 bits per heavy atom. The number of rotatable bonds is 16. The third-order valence-corrected chi connectivity index (χ3v) is 10.3. The van der Waals surface area contributed by atoms with Gasteiger partial charge in [0.15, 0.2) is 12.6 Å². The predicted octanol–water partition coefficient (Wildman–Crippen LogP) is -10.0. The monoisotopic (exact) mass is 860 g/mol. The first-order valence-corrected chi connectivity index (χ1v) is 18.6. The Hall–Kier alpha value is -1.75. The van der Waals surface area contributed by atoms with Gasteiger partial charge in [0.25, 0.3) is 11.6 Å². The van der Waals surface area contributed by atoms with Gasteiger partial charge in [0, 0.05) is 12.8 Å². The van der Waals surface area contributed by atoms with E-state index in [0.717, 1.165) is 0 Å². The molecule has 0 unspecified atom stereocenters. The van der Waals surface area contributed by atoms with Crippen LogP contribution >= 0.6 is 7.82 Å². The van der Waals surface area contributed by atoms with Crippen LogP contribution in [-0.4, -0.2) is 236 Å². The summed E-state index contributed by atoms with van der Waals surface area (Å²) in [7, 11) is -5.53. The number of carboxylic acid groups (broad SMARTS) is 2. The maximum absolute atomic E-state index is 12.9. The van der Waals surface area contributed by atoms with Gasteiger partial charge in [-0.1, -0.05) is 0 Å². The zero-order valence-electron chi connectivity index (χ0n) is 29.4. The fraction of sp³-hybridized carbons (Fsp3) is 0.929. The van der Waals surface area contributed by atoms with Crippen LogP contribution in [0.1, 0.15) is 12.8 Å². The SMILES string of the molecule is N[C@@H]1[C@H](O)[C@H](O)[C@@H](CO[C@@H]2O[C@H](CO[C@]3(C(=O)O)C[C@@H](O[C@]4(C(=O)O)C[C@@H](O)[C@@H](O)[C@@H]([C@H](O)CO)O4)[C@@H](O)[C@@H]([C@H](O)CO)O3)[C@@H](OP(=O)(O)O)[C@H](O)[C@H]2N)O[C@@H]1O. The summed E-state index contributed by atoms with van der Waals surface area (Å²) in [5.74, 6) is -10.5. The maximum Gasteiger partial charge on any atom is 0.470 e. The van der Waals surface area contributed by atoms with Gasteiger partial charge in [-0.2, -0.15) is 0 Å². The molecule has 0 saturated carbocycles. The molecule has 4 rings (SSSR count). The van der Waals surface area contributed by atoms with Crippen molar-refractivity contribution in [1.29, 1.82) is 0 Å². The van der Waals surface area contributed by atoms with Crippen LogP contribution in [0.15, 0.2) is 0 Å². The molecule has 0 bridgehead atoms. The van der Waals surface area contributed by atoms with Crippen molar-refractivity contribution in [1.82, 2.24) is 0 Å². The molecule has 4 aliphatic rings. The van der Waals surface area contributed by atoms with Crippen molar-refractivity contribution < 1.29 is 128 Å². The molecule has 4 fully saturated rings. The molecule has 57 heavy (non-hydrogen) atoms. The van der Waals surface area contributed by atoms with Gasteiger partial charge in [-0.3, -0.25) is 4.52 Å². The molecular weight excluding hydrogens is 811 g/mol. The zero-order chi connectivity index (χ0) is 42.9. The predicted molar refractivity (Wildman–Crippen MR) is 171 cm³/mol. The summed E-state index contributed by atoms with van der Waals surface area (Å²) in [6.45, 7) is -4.34. The van der Waals surface area contributed by atoms with E-state index in [1.165, 1.54) is 0 Å². The van der Waals surface area contributed by atoms with E-state index < -0.39 is 181 Å². The highest BCUT2D eigenvalue weighted by molar-refractivity contribution is 7.46. The van der Waals surface area contributed by atoms with E-state index in [4.69, 9.17) is 44.6 Å². The number of aliphatic hydroxyl groups excluding tert-OH is 11. The molecule has 0 radical (unpaired) electrons. The first kappa shape index (κ1) is 47.9. The summed E-state index contributed by atoms with van der Waals surface area (Å²) < 4.78 is 54.6. The lowest BCUT2D eigenvalue weighted by atomic mass is 9.90. The van der Waals surface area contributed by atoms with E-state index in [2.05, 4.69) is 4.52 Å². The number of aliphatic hydroxyl groups is 11. The minimum Gasteiger partial charge on any atom is -0.477 e. The molecule has 19 N–H and O–H groups in total. The molecule has 0 spiro atoms. The molecule has 0 aliphatic carbocycles. The second kappa shape index (κ2) is 18.9. The van der Waals surface area contributed by atoms with Gasteiger partial charge < -0.3 is 121 Å². The van der Waals surface area contributed by atoms with Gasteiger partial charge >= 0.3 is 19.8 Å². The molecule has 0 aromatic rings. The average molecular weight is 861 g/mol. The van der Waals surface area contributed by atoms with Crippen LogP contribution in [0.2, 0.25) is 0 Å². The highest BCUT2D eigenvalue weighted by atomic mass is 31.2. The lowest BCUT2D eigenvalue weighted by Gasteiger charge is -2.50. The average Bonchev–Trinajstić information content (AvgIpc) is 3.14. The quantitative estimate of drug-likeness (QED) is 0.0641. The summed E-state index contributed by atoms with van der Waals surface area (Å²) in [5.41, 5.74) is 11.5. The molecule has 0 aromatic carbocycles. The number of ether oxygens (including phenoxy) is 7. The van der Waals surface area contributed by atoms with Crippen LogP contribution < -0.4 is 11.5 Å². The van der Waals surface area contributed by atoms with Gasteiger partial charge in [0.2, 0.25) is 0 Å². The lowest BCUT2D eigenvalue weighted by molar-refractivity contribution is -0.378. The number of phosphoric acid groups is 1. The molecule has 20 atom stereocenters. The van der Waals surface area contributed by atoms with E-state index in [1.807, 2.05) is 0 Å². The summed E-state index contributed by atoms with van der Waals surface area (Å²) in [4.78, 5) is 44.7. The Morgan fingerprint density at radius 3 is 1.84 bits per heavy atom.